The third kappa shape index (κ3) is 3.35. The maximum absolute atomic E-state index is 10.9. The molecule has 0 bridgehead atoms. The van der Waals surface area contributed by atoms with E-state index in [1.807, 2.05) is 0 Å². The summed E-state index contributed by atoms with van der Waals surface area (Å²) in [7, 11) is 0. The summed E-state index contributed by atoms with van der Waals surface area (Å²) in [5, 5.41) is 18.2. The van der Waals surface area contributed by atoms with Gasteiger partial charge in [-0.3, -0.25) is 0 Å². The van der Waals surface area contributed by atoms with Crippen LogP contribution in [-0.4, -0.2) is 29.4 Å². The zero-order valence-corrected chi connectivity index (χ0v) is 9.70. The summed E-state index contributed by atoms with van der Waals surface area (Å²) in [5.74, 6) is -1.17. The lowest BCUT2D eigenvalue weighted by atomic mass is 10.1. The van der Waals surface area contributed by atoms with Gasteiger partial charge in [0.1, 0.15) is 0 Å². The highest BCUT2D eigenvalue weighted by Crippen LogP contribution is 2.28. The molecule has 0 spiro atoms. The summed E-state index contributed by atoms with van der Waals surface area (Å²) in [5.41, 5.74) is 0.312. The van der Waals surface area contributed by atoms with Crippen LogP contribution in [0.1, 0.15) is 11.7 Å². The van der Waals surface area contributed by atoms with Crippen molar-refractivity contribution in [1.29, 1.82) is 0 Å². The van der Waals surface area contributed by atoms with Gasteiger partial charge in [-0.25, -0.2) is 4.79 Å². The van der Waals surface area contributed by atoms with E-state index in [4.69, 9.17) is 38.2 Å². The first-order chi connectivity index (χ1) is 7.56. The van der Waals surface area contributed by atoms with Crippen molar-refractivity contribution in [3.63, 3.8) is 0 Å². The van der Waals surface area contributed by atoms with E-state index >= 15 is 0 Å². The molecule has 1 unspecified atom stereocenters. The smallest absolute Gasteiger partial charge is 0.337 e. The molecule has 0 aliphatic rings. The molecule has 6 heteroatoms. The van der Waals surface area contributed by atoms with Crippen molar-refractivity contribution < 1.29 is 19.7 Å². The second kappa shape index (κ2) is 6.06. The number of halogens is 2. The third-order valence-corrected chi connectivity index (χ3v) is 2.41. The van der Waals surface area contributed by atoms with Gasteiger partial charge in [0.15, 0.2) is 6.10 Å². The molecule has 1 rings (SSSR count). The third-order valence-electron chi connectivity index (χ3n) is 1.85. The minimum atomic E-state index is -1.20. The number of carboxylic acid groups (broad SMARTS) is 1. The number of ether oxygens (including phenoxy) is 1. The first-order valence-corrected chi connectivity index (χ1v) is 5.22. The van der Waals surface area contributed by atoms with Gasteiger partial charge in [0.25, 0.3) is 0 Å². The maximum atomic E-state index is 10.9. The number of aliphatic carboxylic acids is 1. The second-order valence-corrected chi connectivity index (χ2v) is 3.82. The largest absolute Gasteiger partial charge is 0.479 e. The summed E-state index contributed by atoms with van der Waals surface area (Å²) < 4.78 is 4.98. The molecule has 0 amide bonds. The molecule has 0 saturated carbocycles. The Hall–Kier alpha value is -0.810. The van der Waals surface area contributed by atoms with E-state index in [-0.39, 0.29) is 18.2 Å². The van der Waals surface area contributed by atoms with Gasteiger partial charge in [0, 0.05) is 15.6 Å². The van der Waals surface area contributed by atoms with Crippen LogP contribution in [-0.2, 0) is 9.53 Å². The SMILES string of the molecule is O=C(O)C(OCCO)c1ccc(Cl)cc1Cl. The fourth-order valence-corrected chi connectivity index (χ4v) is 1.69. The van der Waals surface area contributed by atoms with Crippen LogP contribution in [0.5, 0.6) is 0 Å². The molecule has 1 atom stereocenters. The van der Waals surface area contributed by atoms with Gasteiger partial charge in [-0.05, 0) is 12.1 Å². The fraction of sp³-hybridized carbons (Fsp3) is 0.300. The minimum Gasteiger partial charge on any atom is -0.479 e. The number of rotatable bonds is 5. The summed E-state index contributed by atoms with van der Waals surface area (Å²) in [6, 6.07) is 4.46. The zero-order valence-electron chi connectivity index (χ0n) is 8.19. The van der Waals surface area contributed by atoms with E-state index < -0.39 is 12.1 Å². The second-order valence-electron chi connectivity index (χ2n) is 2.98. The number of aliphatic hydroxyl groups excluding tert-OH is 1. The molecule has 88 valence electrons. The van der Waals surface area contributed by atoms with Crippen LogP contribution in [0.15, 0.2) is 18.2 Å². The van der Waals surface area contributed by atoms with E-state index in [1.54, 1.807) is 0 Å². The van der Waals surface area contributed by atoms with Gasteiger partial charge in [-0.1, -0.05) is 29.3 Å². The minimum absolute atomic E-state index is 0.0735. The fourth-order valence-electron chi connectivity index (χ4n) is 1.18. The van der Waals surface area contributed by atoms with Crippen molar-refractivity contribution >= 4 is 29.2 Å². The Morgan fingerprint density at radius 3 is 2.62 bits per heavy atom. The summed E-state index contributed by atoms with van der Waals surface area (Å²) in [6.07, 6.45) is -1.20. The number of hydrogen-bond donors (Lipinski definition) is 2. The highest BCUT2D eigenvalue weighted by Gasteiger charge is 2.22. The zero-order chi connectivity index (χ0) is 12.1. The van der Waals surface area contributed by atoms with Crippen LogP contribution in [0, 0.1) is 0 Å². The molecular weight excluding hydrogens is 255 g/mol. The highest BCUT2D eigenvalue weighted by molar-refractivity contribution is 6.35. The first kappa shape index (κ1) is 13.3. The van der Waals surface area contributed by atoms with E-state index in [1.165, 1.54) is 18.2 Å². The maximum Gasteiger partial charge on any atom is 0.337 e. The Balaban J connectivity index is 2.96. The van der Waals surface area contributed by atoms with Crippen molar-refractivity contribution in [2.75, 3.05) is 13.2 Å². The molecule has 0 fully saturated rings. The normalized spacial score (nSPS) is 12.4. The lowest BCUT2D eigenvalue weighted by molar-refractivity contribution is -0.151. The van der Waals surface area contributed by atoms with E-state index in [2.05, 4.69) is 0 Å². The van der Waals surface area contributed by atoms with Crippen molar-refractivity contribution in [3.8, 4) is 0 Å². The lowest BCUT2D eigenvalue weighted by Crippen LogP contribution is -2.17. The van der Waals surface area contributed by atoms with Crippen LogP contribution in [0.25, 0.3) is 0 Å². The molecular formula is C10H10Cl2O4. The molecule has 0 radical (unpaired) electrons. The number of carbonyl (C=O) groups is 1. The Morgan fingerprint density at radius 1 is 1.44 bits per heavy atom. The molecule has 0 heterocycles. The Bertz CT molecular complexity index is 381. The van der Waals surface area contributed by atoms with Crippen molar-refractivity contribution in [3.05, 3.63) is 33.8 Å². The average molecular weight is 265 g/mol. The van der Waals surface area contributed by atoms with Crippen molar-refractivity contribution in [2.45, 2.75) is 6.10 Å². The number of benzene rings is 1. The molecule has 0 aliphatic heterocycles. The summed E-state index contributed by atoms with van der Waals surface area (Å²) in [6.45, 7) is -0.328. The monoisotopic (exact) mass is 264 g/mol. The molecule has 1 aromatic carbocycles. The summed E-state index contributed by atoms with van der Waals surface area (Å²) in [4.78, 5) is 10.9. The van der Waals surface area contributed by atoms with Crippen LogP contribution in [0.3, 0.4) is 0 Å². The molecule has 16 heavy (non-hydrogen) atoms. The standard InChI is InChI=1S/C10H10Cl2O4/c11-6-1-2-7(8(12)5-6)9(10(14)15)16-4-3-13/h1-2,5,9,13H,3-4H2,(H,14,15). The molecule has 0 aliphatic carbocycles. The van der Waals surface area contributed by atoms with E-state index in [0.717, 1.165) is 0 Å². The quantitative estimate of drug-likeness (QED) is 0.855. The van der Waals surface area contributed by atoms with Gasteiger partial charge in [0.2, 0.25) is 0 Å². The van der Waals surface area contributed by atoms with Gasteiger partial charge < -0.3 is 14.9 Å². The van der Waals surface area contributed by atoms with Gasteiger partial charge in [0.05, 0.1) is 13.2 Å². The van der Waals surface area contributed by atoms with E-state index in [0.29, 0.717) is 10.6 Å². The molecule has 1 aromatic rings. The van der Waals surface area contributed by atoms with Gasteiger partial charge >= 0.3 is 5.97 Å². The van der Waals surface area contributed by atoms with Crippen LogP contribution in [0.4, 0.5) is 0 Å². The molecule has 2 N–H and O–H groups in total. The van der Waals surface area contributed by atoms with Gasteiger partial charge in [-0.15, -0.1) is 0 Å². The Kier molecular flexibility index (Phi) is 5.02. The lowest BCUT2D eigenvalue weighted by Gasteiger charge is -2.14. The van der Waals surface area contributed by atoms with Crippen molar-refractivity contribution in [1.82, 2.24) is 0 Å². The number of carboxylic acids is 1. The molecule has 0 saturated heterocycles. The van der Waals surface area contributed by atoms with Crippen molar-refractivity contribution in [2.24, 2.45) is 0 Å². The van der Waals surface area contributed by atoms with Crippen LogP contribution < -0.4 is 0 Å². The Morgan fingerprint density at radius 2 is 2.12 bits per heavy atom. The number of aliphatic hydroxyl groups is 1. The predicted molar refractivity (Wildman–Crippen MR) is 59.9 cm³/mol. The van der Waals surface area contributed by atoms with E-state index in [9.17, 15) is 4.79 Å². The first-order valence-electron chi connectivity index (χ1n) is 4.46. The average Bonchev–Trinajstić information content (AvgIpc) is 2.20. The van der Waals surface area contributed by atoms with Crippen LogP contribution in [0.2, 0.25) is 10.0 Å². The molecule has 4 nitrogen and oxygen atoms in total. The van der Waals surface area contributed by atoms with Gasteiger partial charge in [-0.2, -0.15) is 0 Å². The number of hydrogen-bond acceptors (Lipinski definition) is 3. The topological polar surface area (TPSA) is 66.8 Å². The Labute approximate surface area is 102 Å². The highest BCUT2D eigenvalue weighted by atomic mass is 35.5. The summed E-state index contributed by atoms with van der Waals surface area (Å²) >= 11 is 11.5. The molecule has 0 aromatic heterocycles. The van der Waals surface area contributed by atoms with Crippen LogP contribution >= 0.6 is 23.2 Å². The predicted octanol–water partition coefficient (Wildman–Crippen LogP) is 2.13.